The first-order valence-electron chi connectivity index (χ1n) is 8.67. The first-order chi connectivity index (χ1) is 10.1. The van der Waals surface area contributed by atoms with E-state index in [1.807, 2.05) is 18.7 Å². The zero-order valence-electron chi connectivity index (χ0n) is 13.7. The molecule has 1 aliphatic heterocycles. The molecule has 4 nitrogen and oxygen atoms in total. The van der Waals surface area contributed by atoms with Crippen LogP contribution in [0.15, 0.2) is 0 Å². The highest BCUT2D eigenvalue weighted by atomic mass is 16.2. The number of hydrogen-bond acceptors (Lipinski definition) is 2. The fourth-order valence-corrected chi connectivity index (χ4v) is 3.71. The third-order valence-electron chi connectivity index (χ3n) is 4.97. The molecule has 0 aromatic rings. The van der Waals surface area contributed by atoms with Crippen molar-refractivity contribution in [1.29, 1.82) is 0 Å². The maximum Gasteiger partial charge on any atom is 0.246 e. The van der Waals surface area contributed by atoms with E-state index in [0.717, 1.165) is 32.2 Å². The topological polar surface area (TPSA) is 49.4 Å². The van der Waals surface area contributed by atoms with Crippen LogP contribution in [0.3, 0.4) is 0 Å². The van der Waals surface area contributed by atoms with Crippen molar-refractivity contribution >= 4 is 11.8 Å². The normalized spacial score (nSPS) is 28.1. The van der Waals surface area contributed by atoms with Gasteiger partial charge in [-0.3, -0.25) is 9.59 Å². The number of nitrogens with one attached hydrogen (secondary N) is 1. The summed E-state index contributed by atoms with van der Waals surface area (Å²) in [5.74, 6) is 0.718. The minimum Gasteiger partial charge on any atom is -0.342 e. The van der Waals surface area contributed by atoms with Crippen LogP contribution in [0.1, 0.15) is 65.7 Å². The van der Waals surface area contributed by atoms with Crippen molar-refractivity contribution < 1.29 is 9.59 Å². The van der Waals surface area contributed by atoms with Crippen molar-refractivity contribution in [3.05, 3.63) is 0 Å². The van der Waals surface area contributed by atoms with Gasteiger partial charge in [-0.25, -0.2) is 0 Å². The Hall–Kier alpha value is -1.06. The van der Waals surface area contributed by atoms with Gasteiger partial charge in [-0.05, 0) is 31.1 Å². The molecule has 2 fully saturated rings. The fraction of sp³-hybridized carbons (Fsp3) is 0.882. The van der Waals surface area contributed by atoms with Crippen molar-refractivity contribution in [1.82, 2.24) is 10.2 Å². The summed E-state index contributed by atoms with van der Waals surface area (Å²) in [6.07, 6.45) is 7.85. The molecule has 1 saturated carbocycles. The Bertz CT molecular complexity index is 375. The number of unbranched alkanes of at least 4 members (excludes halogenated alkanes) is 1. The highest BCUT2D eigenvalue weighted by Crippen LogP contribution is 2.31. The van der Waals surface area contributed by atoms with E-state index >= 15 is 0 Å². The number of piperazine rings is 1. The Morgan fingerprint density at radius 2 is 1.86 bits per heavy atom. The number of amides is 2. The first kappa shape index (κ1) is 16.3. The lowest BCUT2D eigenvalue weighted by atomic mass is 9.81. The zero-order valence-corrected chi connectivity index (χ0v) is 13.7. The third-order valence-corrected chi connectivity index (χ3v) is 4.97. The molecule has 0 radical (unpaired) electrons. The standard InChI is InChI=1S/C17H30N2O2/c1-4-5-11-19-15(13-9-7-6-8-10-13)16(20)18-14(12(2)3)17(19)21/h12-15H,4-11H2,1-3H3,(H,18,20). The van der Waals surface area contributed by atoms with Gasteiger partial charge < -0.3 is 10.2 Å². The lowest BCUT2D eigenvalue weighted by Gasteiger charge is -2.44. The molecule has 2 aliphatic rings. The van der Waals surface area contributed by atoms with Gasteiger partial charge in [0.15, 0.2) is 0 Å². The predicted octanol–water partition coefficient (Wildman–Crippen LogP) is 2.72. The number of carbonyl (C=O) groups is 2. The van der Waals surface area contributed by atoms with E-state index in [-0.39, 0.29) is 29.8 Å². The molecule has 2 amide bonds. The number of rotatable bonds is 5. The van der Waals surface area contributed by atoms with Crippen LogP contribution in [0.5, 0.6) is 0 Å². The van der Waals surface area contributed by atoms with E-state index in [1.54, 1.807) is 0 Å². The highest BCUT2D eigenvalue weighted by Gasteiger charge is 2.44. The number of nitrogens with zero attached hydrogens (tertiary/aromatic N) is 1. The summed E-state index contributed by atoms with van der Waals surface area (Å²) >= 11 is 0. The predicted molar refractivity (Wildman–Crippen MR) is 83.8 cm³/mol. The Kier molecular flexibility index (Phi) is 5.65. The van der Waals surface area contributed by atoms with E-state index in [2.05, 4.69) is 12.2 Å². The fourth-order valence-electron chi connectivity index (χ4n) is 3.71. The molecule has 120 valence electrons. The summed E-state index contributed by atoms with van der Waals surface area (Å²) in [5, 5.41) is 2.99. The molecule has 2 rings (SSSR count). The Morgan fingerprint density at radius 3 is 2.43 bits per heavy atom. The van der Waals surface area contributed by atoms with Gasteiger partial charge in [0.2, 0.25) is 11.8 Å². The second kappa shape index (κ2) is 7.28. The van der Waals surface area contributed by atoms with Gasteiger partial charge in [0.05, 0.1) is 0 Å². The smallest absolute Gasteiger partial charge is 0.246 e. The average Bonchev–Trinajstić information content (AvgIpc) is 2.48. The van der Waals surface area contributed by atoms with Crippen LogP contribution in [0.2, 0.25) is 0 Å². The quantitative estimate of drug-likeness (QED) is 0.847. The van der Waals surface area contributed by atoms with Crippen molar-refractivity contribution in [3.63, 3.8) is 0 Å². The Labute approximate surface area is 128 Å². The Balaban J connectivity index is 2.18. The molecule has 2 unspecified atom stereocenters. The maximum atomic E-state index is 12.8. The summed E-state index contributed by atoms with van der Waals surface area (Å²) in [6.45, 7) is 6.86. The van der Waals surface area contributed by atoms with Crippen LogP contribution in [0, 0.1) is 11.8 Å². The molecule has 2 atom stereocenters. The molecule has 1 N–H and O–H groups in total. The monoisotopic (exact) mass is 294 g/mol. The van der Waals surface area contributed by atoms with Crippen molar-refractivity contribution in [3.8, 4) is 0 Å². The van der Waals surface area contributed by atoms with Crippen LogP contribution in [0.4, 0.5) is 0 Å². The largest absolute Gasteiger partial charge is 0.342 e. The molecule has 1 aliphatic carbocycles. The van der Waals surface area contributed by atoms with Gasteiger partial charge in [-0.1, -0.05) is 46.5 Å². The van der Waals surface area contributed by atoms with E-state index in [9.17, 15) is 9.59 Å². The van der Waals surface area contributed by atoms with Crippen LogP contribution in [0.25, 0.3) is 0 Å². The zero-order chi connectivity index (χ0) is 15.4. The molecule has 0 aromatic heterocycles. The molecule has 0 bridgehead atoms. The second-order valence-electron chi connectivity index (χ2n) is 6.96. The number of carbonyl (C=O) groups excluding carboxylic acids is 2. The van der Waals surface area contributed by atoms with Gasteiger partial charge in [0.1, 0.15) is 12.1 Å². The molecular weight excluding hydrogens is 264 g/mol. The van der Waals surface area contributed by atoms with Gasteiger partial charge in [-0.2, -0.15) is 0 Å². The molecular formula is C17H30N2O2. The second-order valence-corrected chi connectivity index (χ2v) is 6.96. The molecule has 4 heteroatoms. The Morgan fingerprint density at radius 1 is 1.19 bits per heavy atom. The first-order valence-corrected chi connectivity index (χ1v) is 8.67. The van der Waals surface area contributed by atoms with Gasteiger partial charge in [-0.15, -0.1) is 0 Å². The van der Waals surface area contributed by atoms with Crippen LogP contribution in [-0.4, -0.2) is 35.3 Å². The van der Waals surface area contributed by atoms with E-state index in [1.165, 1.54) is 19.3 Å². The molecule has 21 heavy (non-hydrogen) atoms. The molecule has 1 heterocycles. The van der Waals surface area contributed by atoms with Crippen LogP contribution < -0.4 is 5.32 Å². The van der Waals surface area contributed by atoms with Gasteiger partial charge in [0.25, 0.3) is 0 Å². The highest BCUT2D eigenvalue weighted by molar-refractivity contribution is 5.97. The summed E-state index contributed by atoms with van der Waals surface area (Å²) in [4.78, 5) is 27.3. The maximum absolute atomic E-state index is 12.8. The third kappa shape index (κ3) is 3.58. The van der Waals surface area contributed by atoms with E-state index in [0.29, 0.717) is 5.92 Å². The van der Waals surface area contributed by atoms with Gasteiger partial charge >= 0.3 is 0 Å². The minimum atomic E-state index is -0.339. The SMILES string of the molecule is CCCCN1C(=O)C(C(C)C)NC(=O)C1C1CCCCC1. The van der Waals surface area contributed by atoms with Crippen molar-refractivity contribution in [2.45, 2.75) is 77.8 Å². The minimum absolute atomic E-state index is 0.0799. The molecule has 0 spiro atoms. The summed E-state index contributed by atoms with van der Waals surface area (Å²) < 4.78 is 0. The lowest BCUT2D eigenvalue weighted by molar-refractivity contribution is -0.153. The van der Waals surface area contributed by atoms with E-state index in [4.69, 9.17) is 0 Å². The summed E-state index contributed by atoms with van der Waals surface area (Å²) in [7, 11) is 0. The summed E-state index contributed by atoms with van der Waals surface area (Å²) in [6, 6.07) is -0.562. The molecule has 0 aromatic carbocycles. The van der Waals surface area contributed by atoms with Crippen molar-refractivity contribution in [2.24, 2.45) is 11.8 Å². The van der Waals surface area contributed by atoms with Crippen molar-refractivity contribution in [2.75, 3.05) is 6.54 Å². The number of hydrogen-bond donors (Lipinski definition) is 1. The summed E-state index contributed by atoms with van der Waals surface area (Å²) in [5.41, 5.74) is 0. The lowest BCUT2D eigenvalue weighted by Crippen LogP contribution is -2.66. The van der Waals surface area contributed by atoms with Crippen LogP contribution >= 0.6 is 0 Å². The van der Waals surface area contributed by atoms with Crippen LogP contribution in [-0.2, 0) is 9.59 Å². The average molecular weight is 294 g/mol. The van der Waals surface area contributed by atoms with Gasteiger partial charge in [0, 0.05) is 6.54 Å². The molecule has 1 saturated heterocycles. The van der Waals surface area contributed by atoms with E-state index < -0.39 is 0 Å².